The zero-order valence-corrected chi connectivity index (χ0v) is 17.0. The number of anilines is 1. The summed E-state index contributed by atoms with van der Waals surface area (Å²) in [4.78, 5) is 24.5. The first-order valence-corrected chi connectivity index (χ1v) is 10.1. The fraction of sp³-hybridized carbons (Fsp3) is 0.304. The van der Waals surface area contributed by atoms with Gasteiger partial charge in [-0.3, -0.25) is 9.59 Å². The Morgan fingerprint density at radius 3 is 2.39 bits per heavy atom. The Hall–Kier alpha value is -2.59. The molecular formula is C23H25ClN2O2. The zero-order chi connectivity index (χ0) is 20.1. The maximum absolute atomic E-state index is 12.4. The maximum atomic E-state index is 12.4. The van der Waals surface area contributed by atoms with Crippen LogP contribution in [0.1, 0.15) is 53.7 Å². The van der Waals surface area contributed by atoms with E-state index in [1.807, 2.05) is 31.2 Å². The number of amides is 2. The zero-order valence-electron chi connectivity index (χ0n) is 16.2. The van der Waals surface area contributed by atoms with Crippen LogP contribution in [0, 0.1) is 0 Å². The monoisotopic (exact) mass is 396 g/mol. The van der Waals surface area contributed by atoms with Crippen molar-refractivity contribution in [1.29, 1.82) is 0 Å². The highest BCUT2D eigenvalue weighted by Crippen LogP contribution is 2.29. The Kier molecular flexibility index (Phi) is 6.53. The van der Waals surface area contributed by atoms with Gasteiger partial charge in [0.15, 0.2) is 0 Å². The highest BCUT2D eigenvalue weighted by atomic mass is 35.5. The number of halogens is 1. The minimum absolute atomic E-state index is 0.0454. The molecule has 28 heavy (non-hydrogen) atoms. The number of hydrogen-bond donors (Lipinski definition) is 2. The minimum atomic E-state index is -0.206. The molecule has 0 aliphatic heterocycles. The van der Waals surface area contributed by atoms with E-state index in [2.05, 4.69) is 17.6 Å². The van der Waals surface area contributed by atoms with Crippen molar-refractivity contribution in [2.45, 2.75) is 45.6 Å². The smallest absolute Gasteiger partial charge is 0.251 e. The topological polar surface area (TPSA) is 58.2 Å². The van der Waals surface area contributed by atoms with Gasteiger partial charge in [0, 0.05) is 28.4 Å². The van der Waals surface area contributed by atoms with Crippen LogP contribution in [0.15, 0.2) is 42.5 Å². The first-order valence-electron chi connectivity index (χ1n) is 9.72. The molecule has 2 N–H and O–H groups in total. The summed E-state index contributed by atoms with van der Waals surface area (Å²) >= 11 is 6.29. The Morgan fingerprint density at radius 1 is 1.07 bits per heavy atom. The van der Waals surface area contributed by atoms with Gasteiger partial charge < -0.3 is 10.6 Å². The molecule has 1 aliphatic carbocycles. The molecule has 1 fully saturated rings. The first kappa shape index (κ1) is 20.2. The van der Waals surface area contributed by atoms with E-state index in [0.717, 1.165) is 48.1 Å². The van der Waals surface area contributed by atoms with Crippen molar-refractivity contribution >= 4 is 35.2 Å². The molecule has 146 valence electrons. The molecular weight excluding hydrogens is 372 g/mol. The van der Waals surface area contributed by atoms with Crippen LogP contribution in [0.25, 0.3) is 6.08 Å². The van der Waals surface area contributed by atoms with E-state index in [0.29, 0.717) is 16.6 Å². The van der Waals surface area contributed by atoms with Crippen molar-refractivity contribution < 1.29 is 9.59 Å². The van der Waals surface area contributed by atoms with E-state index >= 15 is 0 Å². The Morgan fingerprint density at radius 2 is 1.79 bits per heavy atom. The summed E-state index contributed by atoms with van der Waals surface area (Å²) < 4.78 is 0. The van der Waals surface area contributed by atoms with Crippen LogP contribution in [0.2, 0.25) is 5.02 Å². The molecule has 3 rings (SSSR count). The number of nitrogens with one attached hydrogen (secondary N) is 2. The van der Waals surface area contributed by atoms with Gasteiger partial charge in [0.25, 0.3) is 5.91 Å². The molecule has 1 aliphatic rings. The Bertz CT molecular complexity index is 900. The van der Waals surface area contributed by atoms with Gasteiger partial charge in [-0.25, -0.2) is 0 Å². The quantitative estimate of drug-likeness (QED) is 0.646. The molecule has 4 nitrogen and oxygen atoms in total. The third-order valence-corrected chi connectivity index (χ3v) is 5.19. The summed E-state index contributed by atoms with van der Waals surface area (Å²) in [6, 6.07) is 11.4. The third kappa shape index (κ3) is 5.02. The van der Waals surface area contributed by atoms with Crippen molar-refractivity contribution in [2.24, 2.45) is 0 Å². The Balaban J connectivity index is 1.67. The second-order valence-electron chi connectivity index (χ2n) is 6.96. The van der Waals surface area contributed by atoms with Crippen molar-refractivity contribution in [3.63, 3.8) is 0 Å². The van der Waals surface area contributed by atoms with E-state index in [9.17, 15) is 9.59 Å². The largest absolute Gasteiger partial charge is 0.349 e. The third-order valence-electron chi connectivity index (χ3n) is 4.84. The number of hydrogen-bond acceptors (Lipinski definition) is 2. The van der Waals surface area contributed by atoms with Crippen LogP contribution in [0.5, 0.6) is 0 Å². The van der Waals surface area contributed by atoms with E-state index in [1.54, 1.807) is 18.2 Å². The van der Waals surface area contributed by atoms with E-state index in [4.69, 9.17) is 11.6 Å². The second kappa shape index (κ2) is 9.07. The van der Waals surface area contributed by atoms with Crippen molar-refractivity contribution in [3.8, 4) is 0 Å². The lowest BCUT2D eigenvalue weighted by atomic mass is 10.0. The van der Waals surface area contributed by atoms with Gasteiger partial charge in [-0.05, 0) is 66.6 Å². The number of aryl methyl sites for hydroxylation is 1. The summed E-state index contributed by atoms with van der Waals surface area (Å²) in [5.41, 5.74) is 4.31. The van der Waals surface area contributed by atoms with Gasteiger partial charge in [-0.2, -0.15) is 0 Å². The molecule has 0 spiro atoms. The normalized spacial score (nSPS) is 13.5. The molecule has 2 aromatic carbocycles. The highest BCUT2D eigenvalue weighted by molar-refractivity contribution is 6.32. The van der Waals surface area contributed by atoms with E-state index < -0.39 is 0 Å². The average Bonchev–Trinajstić information content (AvgIpc) is 3.51. The van der Waals surface area contributed by atoms with Crippen LogP contribution in [-0.4, -0.2) is 17.9 Å². The first-order chi connectivity index (χ1) is 13.5. The van der Waals surface area contributed by atoms with Gasteiger partial charge in [0.2, 0.25) is 5.91 Å². The summed E-state index contributed by atoms with van der Waals surface area (Å²) in [5, 5.41) is 6.60. The van der Waals surface area contributed by atoms with Crippen molar-refractivity contribution in [3.05, 3.63) is 69.8 Å². The molecule has 0 bridgehead atoms. The predicted molar refractivity (Wildman–Crippen MR) is 115 cm³/mol. The second-order valence-corrected chi connectivity index (χ2v) is 7.37. The molecule has 0 atom stereocenters. The number of carbonyl (C=O) groups is 2. The predicted octanol–water partition coefficient (Wildman–Crippen LogP) is 5.01. The summed E-state index contributed by atoms with van der Waals surface area (Å²) in [6.07, 6.45) is 6.92. The van der Waals surface area contributed by atoms with Crippen LogP contribution >= 0.6 is 11.6 Å². The molecule has 5 heteroatoms. The van der Waals surface area contributed by atoms with Gasteiger partial charge in [-0.1, -0.05) is 43.6 Å². The summed E-state index contributed by atoms with van der Waals surface area (Å²) in [6.45, 7) is 4.07. The molecule has 0 radical (unpaired) electrons. The molecule has 2 aromatic rings. The number of benzene rings is 2. The molecule has 1 saturated carbocycles. The lowest BCUT2D eigenvalue weighted by molar-refractivity contribution is -0.111. The van der Waals surface area contributed by atoms with Gasteiger partial charge in [0.1, 0.15) is 0 Å². The molecule has 0 unspecified atom stereocenters. The van der Waals surface area contributed by atoms with Crippen molar-refractivity contribution in [1.82, 2.24) is 5.32 Å². The maximum Gasteiger partial charge on any atom is 0.251 e. The molecule has 0 heterocycles. The fourth-order valence-corrected chi connectivity index (χ4v) is 3.34. The Labute approximate surface area is 171 Å². The average molecular weight is 397 g/mol. The standard InChI is InChI=1S/C23H25ClN2O2/c1-3-16-10-13-20(24)19(4-2)22(16)26-21(27)14-7-15-5-8-17(9-6-15)23(28)25-18-11-12-18/h5-10,13-14,18H,3-4,11-12H2,1-2H3,(H,25,28)(H,26,27)/b14-7+. The van der Waals surface area contributed by atoms with Gasteiger partial charge >= 0.3 is 0 Å². The van der Waals surface area contributed by atoms with Crippen molar-refractivity contribution in [2.75, 3.05) is 5.32 Å². The highest BCUT2D eigenvalue weighted by Gasteiger charge is 2.23. The summed E-state index contributed by atoms with van der Waals surface area (Å²) in [7, 11) is 0. The van der Waals surface area contributed by atoms with Crippen LogP contribution in [0.3, 0.4) is 0 Å². The van der Waals surface area contributed by atoms with Gasteiger partial charge in [0.05, 0.1) is 0 Å². The number of rotatable bonds is 7. The molecule has 0 aromatic heterocycles. The van der Waals surface area contributed by atoms with E-state index in [-0.39, 0.29) is 11.8 Å². The lowest BCUT2D eigenvalue weighted by Crippen LogP contribution is -2.25. The van der Waals surface area contributed by atoms with E-state index in [1.165, 1.54) is 6.08 Å². The molecule has 2 amide bonds. The van der Waals surface area contributed by atoms with Crippen LogP contribution in [-0.2, 0) is 17.6 Å². The number of carbonyl (C=O) groups excluding carboxylic acids is 2. The fourth-order valence-electron chi connectivity index (χ4n) is 3.05. The minimum Gasteiger partial charge on any atom is -0.349 e. The summed E-state index contributed by atoms with van der Waals surface area (Å²) in [5.74, 6) is -0.252. The molecule has 0 saturated heterocycles. The SMILES string of the molecule is CCc1ccc(Cl)c(CC)c1NC(=O)/C=C/c1ccc(C(=O)NC2CC2)cc1. The van der Waals surface area contributed by atoms with Gasteiger partial charge in [-0.15, -0.1) is 0 Å². The lowest BCUT2D eigenvalue weighted by Gasteiger charge is -2.15. The van der Waals surface area contributed by atoms with Crippen LogP contribution < -0.4 is 10.6 Å². The van der Waals surface area contributed by atoms with Crippen LogP contribution in [0.4, 0.5) is 5.69 Å².